The number of fused-ring (bicyclic) bond motifs is 1. The first-order valence-electron chi connectivity index (χ1n) is 11.1. The van der Waals surface area contributed by atoms with E-state index in [9.17, 15) is 9.90 Å². The zero-order valence-electron chi connectivity index (χ0n) is 17.4. The lowest BCUT2D eigenvalue weighted by Gasteiger charge is -2.29. The molecular weight excluding hydrogens is 372 g/mol. The second-order valence-corrected chi connectivity index (χ2v) is 9.07. The molecule has 2 fully saturated rings. The summed E-state index contributed by atoms with van der Waals surface area (Å²) in [7, 11) is 0. The molecule has 0 spiro atoms. The third-order valence-corrected chi connectivity index (χ3v) is 6.65. The zero-order valence-corrected chi connectivity index (χ0v) is 17.4. The highest BCUT2D eigenvalue weighted by atomic mass is 16.3. The molecule has 0 aliphatic heterocycles. The lowest BCUT2D eigenvalue weighted by molar-refractivity contribution is 0.0968. The number of ketones is 1. The summed E-state index contributed by atoms with van der Waals surface area (Å²) >= 11 is 0. The van der Waals surface area contributed by atoms with Crippen molar-refractivity contribution < 1.29 is 9.90 Å². The summed E-state index contributed by atoms with van der Waals surface area (Å²) < 4.78 is 0. The Morgan fingerprint density at radius 1 is 0.967 bits per heavy atom. The number of phenolic OH excluding ortho intramolecular Hbond substituents is 1. The molecule has 2 N–H and O–H groups in total. The first-order chi connectivity index (χ1) is 14.6. The van der Waals surface area contributed by atoms with Crippen LogP contribution in [0, 0.1) is 11.8 Å². The van der Waals surface area contributed by atoms with Crippen molar-refractivity contribution in [3.63, 3.8) is 0 Å². The van der Waals surface area contributed by atoms with Gasteiger partial charge in [0.15, 0.2) is 5.78 Å². The van der Waals surface area contributed by atoms with Gasteiger partial charge in [-0.3, -0.25) is 9.78 Å². The van der Waals surface area contributed by atoms with Crippen molar-refractivity contribution >= 4 is 22.4 Å². The molecule has 1 heterocycles. The minimum Gasteiger partial charge on any atom is -0.508 e. The number of hydrogen-bond acceptors (Lipinski definition) is 4. The highest BCUT2D eigenvalue weighted by molar-refractivity contribution is 6.10. The van der Waals surface area contributed by atoms with Crippen LogP contribution in [0.1, 0.15) is 55.8 Å². The minimum absolute atomic E-state index is 0.163. The van der Waals surface area contributed by atoms with E-state index in [1.165, 1.54) is 12.8 Å². The molecule has 4 heteroatoms. The van der Waals surface area contributed by atoms with Crippen molar-refractivity contribution in [3.05, 3.63) is 54.2 Å². The van der Waals surface area contributed by atoms with Crippen LogP contribution in [0.2, 0.25) is 0 Å². The van der Waals surface area contributed by atoms with Gasteiger partial charge < -0.3 is 10.4 Å². The van der Waals surface area contributed by atoms with E-state index >= 15 is 0 Å². The fourth-order valence-electron chi connectivity index (χ4n) is 4.54. The molecule has 154 valence electrons. The van der Waals surface area contributed by atoms with Crippen molar-refractivity contribution in [2.75, 3.05) is 5.32 Å². The lowest BCUT2D eigenvalue weighted by Crippen LogP contribution is -2.26. The Morgan fingerprint density at radius 3 is 2.37 bits per heavy atom. The van der Waals surface area contributed by atoms with Gasteiger partial charge in [0.05, 0.1) is 16.8 Å². The van der Waals surface area contributed by atoms with E-state index in [2.05, 4.69) is 29.4 Å². The van der Waals surface area contributed by atoms with Gasteiger partial charge in [-0.1, -0.05) is 25.1 Å². The van der Waals surface area contributed by atoms with Gasteiger partial charge in [0.1, 0.15) is 5.75 Å². The smallest absolute Gasteiger partial charge is 0.169 e. The monoisotopic (exact) mass is 400 g/mol. The van der Waals surface area contributed by atoms with E-state index < -0.39 is 0 Å². The number of hydrogen-bond donors (Lipinski definition) is 2. The van der Waals surface area contributed by atoms with Crippen molar-refractivity contribution in [2.24, 2.45) is 11.8 Å². The molecule has 2 saturated carbocycles. The largest absolute Gasteiger partial charge is 0.508 e. The second kappa shape index (κ2) is 7.75. The van der Waals surface area contributed by atoms with E-state index in [0.29, 0.717) is 6.04 Å². The number of carbonyl (C=O) groups excluding carboxylic acids is 1. The lowest BCUT2D eigenvalue weighted by atomic mass is 9.87. The molecule has 2 aliphatic carbocycles. The summed E-state index contributed by atoms with van der Waals surface area (Å²) in [5.41, 5.74) is 4.69. The Morgan fingerprint density at radius 2 is 1.67 bits per heavy atom. The highest BCUT2D eigenvalue weighted by Crippen LogP contribution is 2.39. The number of nitrogens with zero attached hydrogens (tertiary/aromatic N) is 1. The number of Topliss-reactive ketones (excluding diaryl/α,β-unsaturated/α-hetero) is 1. The maximum Gasteiger partial charge on any atom is 0.169 e. The SMILES string of the molecule is CC1CCC(Nc2c(C(=O)C3CC3)cnc3ccc(-c4ccc(O)cc4)cc23)CC1. The van der Waals surface area contributed by atoms with Gasteiger partial charge >= 0.3 is 0 Å². The van der Waals surface area contributed by atoms with Crippen molar-refractivity contribution in [2.45, 2.75) is 51.5 Å². The van der Waals surface area contributed by atoms with Crippen LogP contribution in [-0.2, 0) is 0 Å². The predicted octanol–water partition coefficient (Wildman–Crippen LogP) is 6.19. The number of benzene rings is 2. The number of rotatable bonds is 5. The van der Waals surface area contributed by atoms with E-state index in [1.807, 2.05) is 18.2 Å². The fourth-order valence-corrected chi connectivity index (χ4v) is 4.54. The number of carbonyl (C=O) groups is 1. The number of nitrogens with one attached hydrogen (secondary N) is 1. The van der Waals surface area contributed by atoms with Gasteiger partial charge in [-0.2, -0.15) is 0 Å². The average molecular weight is 401 g/mol. The van der Waals surface area contributed by atoms with Crippen molar-refractivity contribution in [1.29, 1.82) is 0 Å². The third-order valence-electron chi connectivity index (χ3n) is 6.65. The van der Waals surface area contributed by atoms with Gasteiger partial charge in [-0.05, 0) is 79.8 Å². The predicted molar refractivity (Wildman–Crippen MR) is 121 cm³/mol. The summed E-state index contributed by atoms with van der Waals surface area (Å²) in [6.07, 6.45) is 8.49. The normalized spacial score (nSPS) is 21.5. The first-order valence-corrected chi connectivity index (χ1v) is 11.1. The van der Waals surface area contributed by atoms with Crippen molar-refractivity contribution in [1.82, 2.24) is 4.98 Å². The van der Waals surface area contributed by atoms with Crippen LogP contribution < -0.4 is 5.32 Å². The zero-order chi connectivity index (χ0) is 20.7. The summed E-state index contributed by atoms with van der Waals surface area (Å²) in [6.45, 7) is 2.32. The van der Waals surface area contributed by atoms with Crippen molar-refractivity contribution in [3.8, 4) is 16.9 Å². The highest BCUT2D eigenvalue weighted by Gasteiger charge is 2.33. The number of anilines is 1. The Hall–Kier alpha value is -2.88. The van der Waals surface area contributed by atoms with Gasteiger partial charge in [-0.15, -0.1) is 0 Å². The fraction of sp³-hybridized carbons (Fsp3) is 0.385. The second-order valence-electron chi connectivity index (χ2n) is 9.07. The standard InChI is InChI=1S/C26H28N2O2/c1-16-2-9-20(10-3-16)28-25-22-14-19(17-6-11-21(29)12-7-17)8-13-24(22)27-15-23(25)26(30)18-4-5-18/h6-8,11-16,18,20,29H,2-5,9-10H2,1H3,(H,27,28). The van der Waals surface area contributed by atoms with Crippen LogP contribution in [0.5, 0.6) is 5.75 Å². The summed E-state index contributed by atoms with van der Waals surface area (Å²) in [5, 5.41) is 14.4. The molecule has 0 radical (unpaired) electrons. The van der Waals surface area contributed by atoms with Gasteiger partial charge in [0.25, 0.3) is 0 Å². The number of aromatic hydroxyl groups is 1. The summed E-state index contributed by atoms with van der Waals surface area (Å²) in [5.74, 6) is 1.43. The summed E-state index contributed by atoms with van der Waals surface area (Å²) in [4.78, 5) is 17.7. The van der Waals surface area contributed by atoms with Crippen LogP contribution in [-0.4, -0.2) is 21.9 Å². The molecular formula is C26H28N2O2. The average Bonchev–Trinajstić information content (AvgIpc) is 3.61. The Bertz CT molecular complexity index is 1080. The number of pyridine rings is 1. The van der Waals surface area contributed by atoms with E-state index in [0.717, 1.165) is 64.9 Å². The summed E-state index contributed by atoms with van der Waals surface area (Å²) in [6, 6.07) is 13.8. The molecule has 0 amide bonds. The van der Waals surface area contributed by atoms with E-state index in [1.54, 1.807) is 18.3 Å². The third kappa shape index (κ3) is 3.79. The van der Waals surface area contributed by atoms with Gasteiger partial charge in [0, 0.05) is 23.5 Å². The molecule has 0 bridgehead atoms. The molecule has 0 unspecified atom stereocenters. The molecule has 0 atom stereocenters. The molecule has 1 aromatic heterocycles. The number of phenols is 1. The Balaban J connectivity index is 1.59. The first kappa shape index (κ1) is 19.1. The molecule has 5 rings (SSSR count). The van der Waals surface area contributed by atoms with Crippen LogP contribution in [0.4, 0.5) is 5.69 Å². The van der Waals surface area contributed by atoms with Gasteiger partial charge in [-0.25, -0.2) is 0 Å². The number of aromatic nitrogens is 1. The topological polar surface area (TPSA) is 62.2 Å². The van der Waals surface area contributed by atoms with Crippen LogP contribution in [0.15, 0.2) is 48.7 Å². The molecule has 30 heavy (non-hydrogen) atoms. The molecule has 2 aliphatic rings. The molecule has 2 aromatic carbocycles. The maximum atomic E-state index is 13.0. The van der Waals surface area contributed by atoms with Gasteiger partial charge in [0.2, 0.25) is 0 Å². The minimum atomic E-state index is 0.163. The molecule has 3 aromatic rings. The van der Waals surface area contributed by atoms with E-state index in [-0.39, 0.29) is 17.5 Å². The van der Waals surface area contributed by atoms with E-state index in [4.69, 9.17) is 0 Å². The molecule has 4 nitrogen and oxygen atoms in total. The van der Waals surface area contributed by atoms with Crippen LogP contribution in [0.25, 0.3) is 22.0 Å². The van der Waals surface area contributed by atoms with Crippen LogP contribution in [0.3, 0.4) is 0 Å². The van der Waals surface area contributed by atoms with Crippen LogP contribution >= 0.6 is 0 Å². The Kier molecular flexibility index (Phi) is 4.93. The molecule has 0 saturated heterocycles. The Labute approximate surface area is 177 Å². The maximum absolute atomic E-state index is 13.0. The quantitative estimate of drug-likeness (QED) is 0.501.